The van der Waals surface area contributed by atoms with Crippen molar-refractivity contribution in [2.45, 2.75) is 25.9 Å². The van der Waals surface area contributed by atoms with Gasteiger partial charge in [-0.25, -0.2) is 0 Å². The predicted molar refractivity (Wildman–Crippen MR) is 46.5 cm³/mol. The molecule has 0 aromatic heterocycles. The molecule has 1 unspecified atom stereocenters. The van der Waals surface area contributed by atoms with Crippen molar-refractivity contribution in [3.05, 3.63) is 12.2 Å². The second-order valence-electron chi connectivity index (χ2n) is 3.22. The Morgan fingerprint density at radius 2 is 2.09 bits per heavy atom. The minimum Gasteiger partial charge on any atom is -0.393 e. The third kappa shape index (κ3) is 3.54. The van der Waals surface area contributed by atoms with Gasteiger partial charge in [-0.15, -0.1) is 0 Å². The lowest BCUT2D eigenvalue weighted by atomic mass is 10.2. The van der Waals surface area contributed by atoms with Crippen LogP contribution in [0.2, 0.25) is 0 Å². The Morgan fingerprint density at radius 3 is 2.64 bits per heavy atom. The van der Waals surface area contributed by atoms with E-state index in [0.717, 1.165) is 32.5 Å². The van der Waals surface area contributed by atoms with Gasteiger partial charge in [-0.2, -0.15) is 0 Å². The molecule has 0 saturated heterocycles. The van der Waals surface area contributed by atoms with Crippen LogP contribution in [0.25, 0.3) is 0 Å². The molecular weight excluding hydrogens is 138 g/mol. The third-order valence-corrected chi connectivity index (χ3v) is 1.99. The zero-order valence-corrected chi connectivity index (χ0v) is 7.16. The van der Waals surface area contributed by atoms with Crippen LogP contribution in [0, 0.1) is 0 Å². The van der Waals surface area contributed by atoms with E-state index in [4.69, 9.17) is 5.11 Å². The summed E-state index contributed by atoms with van der Waals surface area (Å²) in [6.07, 6.45) is 6.30. The first-order valence-electron chi connectivity index (χ1n) is 4.34. The number of aliphatic hydroxyl groups excluding tert-OH is 1. The van der Waals surface area contributed by atoms with Crippen LogP contribution in [0.4, 0.5) is 0 Å². The maximum Gasteiger partial charge on any atom is 0.0512 e. The molecule has 0 bridgehead atoms. The van der Waals surface area contributed by atoms with E-state index in [2.05, 4.69) is 17.1 Å². The summed E-state index contributed by atoms with van der Waals surface area (Å²) in [5.74, 6) is 0. The Hall–Kier alpha value is -0.340. The molecule has 11 heavy (non-hydrogen) atoms. The van der Waals surface area contributed by atoms with Crippen molar-refractivity contribution < 1.29 is 5.11 Å². The van der Waals surface area contributed by atoms with Gasteiger partial charge in [0.2, 0.25) is 0 Å². The molecule has 1 heterocycles. The molecule has 1 atom stereocenters. The highest BCUT2D eigenvalue weighted by atomic mass is 16.3. The molecule has 2 nitrogen and oxygen atoms in total. The summed E-state index contributed by atoms with van der Waals surface area (Å²) in [6.45, 7) is 5.17. The van der Waals surface area contributed by atoms with Crippen molar-refractivity contribution in [1.29, 1.82) is 0 Å². The Bertz CT molecular complexity index is 124. The standard InChI is InChI=1S/C9H17NO/c1-9(11)5-4-8-10-6-2-3-7-10/h2-3,9,11H,4-8H2,1H3. The van der Waals surface area contributed by atoms with E-state index < -0.39 is 0 Å². The largest absolute Gasteiger partial charge is 0.393 e. The molecule has 0 fully saturated rings. The number of hydrogen-bond acceptors (Lipinski definition) is 2. The molecule has 1 rings (SSSR count). The lowest BCUT2D eigenvalue weighted by Crippen LogP contribution is -2.21. The van der Waals surface area contributed by atoms with E-state index in [1.807, 2.05) is 6.92 Å². The van der Waals surface area contributed by atoms with Crippen molar-refractivity contribution in [2.75, 3.05) is 19.6 Å². The Morgan fingerprint density at radius 1 is 1.45 bits per heavy atom. The molecule has 1 N–H and O–H groups in total. The average molecular weight is 155 g/mol. The number of hydrogen-bond donors (Lipinski definition) is 1. The van der Waals surface area contributed by atoms with E-state index in [-0.39, 0.29) is 6.10 Å². The van der Waals surface area contributed by atoms with Crippen LogP contribution in [0.1, 0.15) is 19.8 Å². The highest BCUT2D eigenvalue weighted by molar-refractivity contribution is 4.94. The van der Waals surface area contributed by atoms with Crippen LogP contribution >= 0.6 is 0 Å². The van der Waals surface area contributed by atoms with Crippen LogP contribution in [0.3, 0.4) is 0 Å². The van der Waals surface area contributed by atoms with E-state index in [0.29, 0.717) is 0 Å². The number of aliphatic hydroxyl groups is 1. The second kappa shape index (κ2) is 4.52. The summed E-state index contributed by atoms with van der Waals surface area (Å²) in [5, 5.41) is 8.99. The highest BCUT2D eigenvalue weighted by Crippen LogP contribution is 2.02. The summed E-state index contributed by atoms with van der Waals surface area (Å²) in [5.41, 5.74) is 0. The van der Waals surface area contributed by atoms with E-state index in [1.165, 1.54) is 0 Å². The molecule has 1 aliphatic rings. The molecule has 0 saturated carbocycles. The highest BCUT2D eigenvalue weighted by Gasteiger charge is 2.05. The van der Waals surface area contributed by atoms with Crippen LogP contribution in [-0.4, -0.2) is 35.7 Å². The molecule has 0 aromatic rings. The lowest BCUT2D eigenvalue weighted by molar-refractivity contribution is 0.175. The van der Waals surface area contributed by atoms with Crippen molar-refractivity contribution in [1.82, 2.24) is 4.90 Å². The molecule has 0 amide bonds. The fraction of sp³-hybridized carbons (Fsp3) is 0.778. The smallest absolute Gasteiger partial charge is 0.0512 e. The average Bonchev–Trinajstić information content (AvgIpc) is 2.39. The predicted octanol–water partition coefficient (Wildman–Crippen LogP) is 1.02. The Labute approximate surface area is 68.5 Å². The second-order valence-corrected chi connectivity index (χ2v) is 3.22. The van der Waals surface area contributed by atoms with Crippen LogP contribution < -0.4 is 0 Å². The van der Waals surface area contributed by atoms with Gasteiger partial charge in [-0.1, -0.05) is 12.2 Å². The molecule has 0 aromatic carbocycles. The SMILES string of the molecule is CC(O)CCCN1CC=CC1. The summed E-state index contributed by atoms with van der Waals surface area (Å²) in [7, 11) is 0. The van der Waals surface area contributed by atoms with Gasteiger partial charge in [0, 0.05) is 13.1 Å². The van der Waals surface area contributed by atoms with Crippen LogP contribution in [-0.2, 0) is 0 Å². The van der Waals surface area contributed by atoms with Crippen molar-refractivity contribution >= 4 is 0 Å². The normalized spacial score (nSPS) is 20.9. The monoisotopic (exact) mass is 155 g/mol. The quantitative estimate of drug-likeness (QED) is 0.613. The minimum atomic E-state index is -0.134. The zero-order valence-electron chi connectivity index (χ0n) is 7.16. The van der Waals surface area contributed by atoms with Gasteiger partial charge in [0.25, 0.3) is 0 Å². The molecule has 1 aliphatic heterocycles. The van der Waals surface area contributed by atoms with Gasteiger partial charge < -0.3 is 5.11 Å². The summed E-state index contributed by atoms with van der Waals surface area (Å²) >= 11 is 0. The topological polar surface area (TPSA) is 23.5 Å². The third-order valence-electron chi connectivity index (χ3n) is 1.99. The van der Waals surface area contributed by atoms with Gasteiger partial charge in [0.05, 0.1) is 6.10 Å². The first-order valence-corrected chi connectivity index (χ1v) is 4.34. The first-order chi connectivity index (χ1) is 5.29. The van der Waals surface area contributed by atoms with Gasteiger partial charge in [-0.3, -0.25) is 4.90 Å². The summed E-state index contributed by atoms with van der Waals surface area (Å²) in [4.78, 5) is 2.38. The fourth-order valence-corrected chi connectivity index (χ4v) is 1.31. The van der Waals surface area contributed by atoms with Gasteiger partial charge in [0.15, 0.2) is 0 Å². The summed E-state index contributed by atoms with van der Waals surface area (Å²) in [6, 6.07) is 0. The van der Waals surface area contributed by atoms with Gasteiger partial charge in [-0.05, 0) is 26.3 Å². The molecule has 64 valence electrons. The summed E-state index contributed by atoms with van der Waals surface area (Å²) < 4.78 is 0. The van der Waals surface area contributed by atoms with Crippen LogP contribution in [0.15, 0.2) is 12.2 Å². The molecule has 2 heteroatoms. The van der Waals surface area contributed by atoms with Crippen molar-refractivity contribution in [3.63, 3.8) is 0 Å². The van der Waals surface area contributed by atoms with E-state index >= 15 is 0 Å². The minimum absolute atomic E-state index is 0.134. The number of rotatable bonds is 4. The Kier molecular flexibility index (Phi) is 3.60. The number of nitrogens with zero attached hydrogens (tertiary/aromatic N) is 1. The van der Waals surface area contributed by atoms with Gasteiger partial charge >= 0.3 is 0 Å². The molecular formula is C9H17NO. The van der Waals surface area contributed by atoms with Crippen LogP contribution in [0.5, 0.6) is 0 Å². The lowest BCUT2D eigenvalue weighted by Gasteiger charge is -2.14. The zero-order chi connectivity index (χ0) is 8.10. The maximum atomic E-state index is 8.99. The molecule has 0 aliphatic carbocycles. The van der Waals surface area contributed by atoms with E-state index in [1.54, 1.807) is 0 Å². The Balaban J connectivity index is 1.95. The van der Waals surface area contributed by atoms with E-state index in [9.17, 15) is 0 Å². The molecule has 0 radical (unpaired) electrons. The fourth-order valence-electron chi connectivity index (χ4n) is 1.31. The van der Waals surface area contributed by atoms with Crippen molar-refractivity contribution in [2.24, 2.45) is 0 Å². The first kappa shape index (κ1) is 8.75. The maximum absolute atomic E-state index is 8.99. The van der Waals surface area contributed by atoms with Gasteiger partial charge in [0.1, 0.15) is 0 Å². The molecule has 0 spiro atoms. The van der Waals surface area contributed by atoms with Crippen molar-refractivity contribution in [3.8, 4) is 0 Å².